The maximum absolute atomic E-state index is 11.1. The van der Waals surface area contributed by atoms with Crippen molar-refractivity contribution >= 4 is 29.3 Å². The average Bonchev–Trinajstić information content (AvgIpc) is 2.43. The van der Waals surface area contributed by atoms with Gasteiger partial charge in [-0.1, -0.05) is 18.2 Å². The predicted molar refractivity (Wildman–Crippen MR) is 76.2 cm³/mol. The van der Waals surface area contributed by atoms with Gasteiger partial charge in [-0.05, 0) is 34.5 Å². The molecule has 2 aromatic carbocycles. The molecule has 0 radical (unpaired) electrons. The number of rotatable bonds is 4. The summed E-state index contributed by atoms with van der Waals surface area (Å²) < 4.78 is 5.18. The molecule has 0 aliphatic heterocycles. The van der Waals surface area contributed by atoms with Gasteiger partial charge < -0.3 is 10.1 Å². The number of carbonyl (C=O) groups excluding carboxylic acids is 1. The zero-order valence-corrected chi connectivity index (χ0v) is 11.0. The highest BCUT2D eigenvalue weighted by molar-refractivity contribution is 7.81. The molecule has 0 saturated carbocycles. The van der Waals surface area contributed by atoms with Gasteiger partial charge in [0.25, 0.3) is 0 Å². The van der Waals surface area contributed by atoms with Crippen LogP contribution in [-0.2, 0) is 11.3 Å². The standard InChI is InChI=1S/C14H15NO2S/c1-17-13-5-4-11-6-10(2-3-12(11)7-13)8-15-14(16)9-18/h2-7,18H,8-9H2,1H3,(H,15,16). The van der Waals surface area contributed by atoms with Crippen LogP contribution in [-0.4, -0.2) is 18.8 Å². The van der Waals surface area contributed by atoms with Crippen molar-refractivity contribution in [2.75, 3.05) is 12.9 Å². The number of amides is 1. The van der Waals surface area contributed by atoms with E-state index in [0.717, 1.165) is 22.1 Å². The van der Waals surface area contributed by atoms with Gasteiger partial charge in [-0.15, -0.1) is 0 Å². The number of thiol groups is 1. The number of hydrogen-bond donors (Lipinski definition) is 2. The molecule has 0 aliphatic carbocycles. The number of ether oxygens (including phenoxy) is 1. The van der Waals surface area contributed by atoms with Gasteiger partial charge in [-0.3, -0.25) is 4.79 Å². The molecular weight excluding hydrogens is 246 g/mol. The molecule has 2 aromatic rings. The van der Waals surface area contributed by atoms with Crippen LogP contribution >= 0.6 is 12.6 Å². The molecule has 0 aromatic heterocycles. The normalized spacial score (nSPS) is 10.3. The summed E-state index contributed by atoms with van der Waals surface area (Å²) in [5.74, 6) is 0.997. The zero-order chi connectivity index (χ0) is 13.0. The molecule has 1 N–H and O–H groups in total. The predicted octanol–water partition coefficient (Wildman–Crippen LogP) is 2.39. The van der Waals surface area contributed by atoms with Crippen molar-refractivity contribution in [3.63, 3.8) is 0 Å². The van der Waals surface area contributed by atoms with E-state index in [2.05, 4.69) is 24.0 Å². The largest absolute Gasteiger partial charge is 0.497 e. The Bertz CT molecular complexity index is 569. The Labute approximate surface area is 112 Å². The van der Waals surface area contributed by atoms with Crippen molar-refractivity contribution in [3.8, 4) is 5.75 Å². The molecule has 3 nitrogen and oxygen atoms in total. The maximum atomic E-state index is 11.1. The molecule has 0 spiro atoms. The van der Waals surface area contributed by atoms with Gasteiger partial charge >= 0.3 is 0 Å². The van der Waals surface area contributed by atoms with Gasteiger partial charge in [0.1, 0.15) is 5.75 Å². The smallest absolute Gasteiger partial charge is 0.229 e. The van der Waals surface area contributed by atoms with Crippen molar-refractivity contribution in [1.29, 1.82) is 0 Å². The van der Waals surface area contributed by atoms with Crippen LogP contribution in [0.25, 0.3) is 10.8 Å². The lowest BCUT2D eigenvalue weighted by Gasteiger charge is -2.06. The van der Waals surface area contributed by atoms with Crippen LogP contribution in [0.4, 0.5) is 0 Å². The quantitative estimate of drug-likeness (QED) is 0.829. The maximum Gasteiger partial charge on any atom is 0.229 e. The Kier molecular flexibility index (Phi) is 4.10. The lowest BCUT2D eigenvalue weighted by Crippen LogP contribution is -2.23. The number of fused-ring (bicyclic) bond motifs is 1. The minimum absolute atomic E-state index is 0.0619. The van der Waals surface area contributed by atoms with Gasteiger partial charge in [-0.2, -0.15) is 12.6 Å². The topological polar surface area (TPSA) is 38.3 Å². The lowest BCUT2D eigenvalue weighted by atomic mass is 10.1. The molecule has 0 bridgehead atoms. The van der Waals surface area contributed by atoms with Crippen LogP contribution in [0.5, 0.6) is 5.75 Å². The molecule has 1 amide bonds. The van der Waals surface area contributed by atoms with E-state index in [0.29, 0.717) is 6.54 Å². The Morgan fingerprint density at radius 2 is 1.94 bits per heavy atom. The second-order valence-electron chi connectivity index (χ2n) is 3.98. The third-order valence-corrected chi connectivity index (χ3v) is 3.03. The number of nitrogens with one attached hydrogen (secondary N) is 1. The number of carbonyl (C=O) groups is 1. The molecule has 0 heterocycles. The van der Waals surface area contributed by atoms with E-state index < -0.39 is 0 Å². The molecule has 4 heteroatoms. The first-order chi connectivity index (χ1) is 8.72. The molecule has 0 atom stereocenters. The van der Waals surface area contributed by atoms with Crippen LogP contribution in [0.1, 0.15) is 5.56 Å². The first kappa shape index (κ1) is 12.8. The van der Waals surface area contributed by atoms with E-state index >= 15 is 0 Å². The van der Waals surface area contributed by atoms with Crippen LogP contribution in [0, 0.1) is 0 Å². The summed E-state index contributed by atoms with van der Waals surface area (Å²) in [6, 6.07) is 12.0. The molecule has 0 unspecified atom stereocenters. The SMILES string of the molecule is COc1ccc2cc(CNC(=O)CS)ccc2c1. The summed E-state index contributed by atoms with van der Waals surface area (Å²) in [4.78, 5) is 11.1. The summed E-state index contributed by atoms with van der Waals surface area (Å²) in [5, 5.41) is 5.05. The fraction of sp³-hybridized carbons (Fsp3) is 0.214. The van der Waals surface area contributed by atoms with Crippen LogP contribution in [0.3, 0.4) is 0 Å². The summed E-state index contributed by atoms with van der Waals surface area (Å²) in [5.41, 5.74) is 1.07. The molecule has 0 aliphatic rings. The Balaban J connectivity index is 2.20. The van der Waals surface area contributed by atoms with E-state index in [1.807, 2.05) is 30.3 Å². The summed E-state index contributed by atoms with van der Waals surface area (Å²) in [7, 11) is 1.66. The molecule has 0 fully saturated rings. The van der Waals surface area contributed by atoms with Crippen LogP contribution in [0.15, 0.2) is 36.4 Å². The van der Waals surface area contributed by atoms with Crippen molar-refractivity contribution in [1.82, 2.24) is 5.32 Å². The number of methoxy groups -OCH3 is 1. The lowest BCUT2D eigenvalue weighted by molar-refractivity contribution is -0.118. The molecule has 2 rings (SSSR count). The van der Waals surface area contributed by atoms with Gasteiger partial charge in [-0.25, -0.2) is 0 Å². The van der Waals surface area contributed by atoms with E-state index in [1.54, 1.807) is 7.11 Å². The van der Waals surface area contributed by atoms with E-state index in [9.17, 15) is 4.79 Å². The Hall–Kier alpha value is -1.68. The van der Waals surface area contributed by atoms with Crippen molar-refractivity contribution < 1.29 is 9.53 Å². The van der Waals surface area contributed by atoms with E-state index in [1.165, 1.54) is 0 Å². The van der Waals surface area contributed by atoms with Crippen molar-refractivity contribution in [3.05, 3.63) is 42.0 Å². The second-order valence-corrected chi connectivity index (χ2v) is 4.30. The zero-order valence-electron chi connectivity index (χ0n) is 10.1. The molecule has 0 saturated heterocycles. The summed E-state index contributed by atoms with van der Waals surface area (Å²) in [6.07, 6.45) is 0. The van der Waals surface area contributed by atoms with Crippen LogP contribution in [0.2, 0.25) is 0 Å². The molecule has 94 valence electrons. The fourth-order valence-electron chi connectivity index (χ4n) is 1.77. The van der Waals surface area contributed by atoms with Crippen molar-refractivity contribution in [2.24, 2.45) is 0 Å². The fourth-order valence-corrected chi connectivity index (χ4v) is 1.88. The number of benzene rings is 2. The van der Waals surface area contributed by atoms with Crippen molar-refractivity contribution in [2.45, 2.75) is 6.54 Å². The first-order valence-electron chi connectivity index (χ1n) is 5.67. The number of hydrogen-bond acceptors (Lipinski definition) is 3. The summed E-state index contributed by atoms with van der Waals surface area (Å²) in [6.45, 7) is 0.529. The highest BCUT2D eigenvalue weighted by Crippen LogP contribution is 2.21. The highest BCUT2D eigenvalue weighted by atomic mass is 32.1. The molecule has 18 heavy (non-hydrogen) atoms. The Morgan fingerprint density at radius 3 is 2.67 bits per heavy atom. The van der Waals surface area contributed by atoms with Gasteiger partial charge in [0.05, 0.1) is 12.9 Å². The van der Waals surface area contributed by atoms with Gasteiger partial charge in [0.15, 0.2) is 0 Å². The molecular formula is C14H15NO2S. The third kappa shape index (κ3) is 2.96. The van der Waals surface area contributed by atoms with E-state index in [-0.39, 0.29) is 11.7 Å². The first-order valence-corrected chi connectivity index (χ1v) is 6.30. The van der Waals surface area contributed by atoms with E-state index in [4.69, 9.17) is 4.74 Å². The van der Waals surface area contributed by atoms with Crippen LogP contribution < -0.4 is 10.1 Å². The summed E-state index contributed by atoms with van der Waals surface area (Å²) >= 11 is 3.92. The van der Waals surface area contributed by atoms with Gasteiger partial charge in [0.2, 0.25) is 5.91 Å². The average molecular weight is 261 g/mol. The minimum atomic E-state index is -0.0619. The minimum Gasteiger partial charge on any atom is -0.497 e. The Morgan fingerprint density at radius 1 is 1.22 bits per heavy atom. The highest BCUT2D eigenvalue weighted by Gasteiger charge is 2.01. The second kappa shape index (κ2) is 5.78. The monoisotopic (exact) mass is 261 g/mol. The van der Waals surface area contributed by atoms with Gasteiger partial charge in [0, 0.05) is 6.54 Å². The third-order valence-electron chi connectivity index (χ3n) is 2.75.